The molecule has 1 aromatic rings. The summed E-state index contributed by atoms with van der Waals surface area (Å²) in [5.74, 6) is 1.31. The van der Waals surface area contributed by atoms with Crippen LogP contribution in [0.3, 0.4) is 0 Å². The van der Waals surface area contributed by atoms with Gasteiger partial charge in [-0.25, -0.2) is 0 Å². The van der Waals surface area contributed by atoms with Crippen LogP contribution in [0.5, 0.6) is 11.5 Å². The van der Waals surface area contributed by atoms with E-state index in [0.29, 0.717) is 28.5 Å². The lowest BCUT2D eigenvalue weighted by atomic mass is 9.98. The standard InChI is InChI=1S/C11H14ClNO3/c1-2-6-10(8(14)4-13)7(12)3-9-11(6)16-5-15-9/h3,8,14H,2,4-5,13H2,1H3. The molecule has 0 aromatic heterocycles. The third-order valence-electron chi connectivity index (χ3n) is 2.67. The Labute approximate surface area is 98.9 Å². The second-order valence-corrected chi connectivity index (χ2v) is 4.00. The minimum atomic E-state index is -0.767. The van der Waals surface area contributed by atoms with Crippen molar-refractivity contribution in [3.05, 3.63) is 22.2 Å². The number of halogens is 1. The summed E-state index contributed by atoms with van der Waals surface area (Å²) in [6, 6.07) is 1.66. The molecule has 0 saturated carbocycles. The van der Waals surface area contributed by atoms with Gasteiger partial charge in [0.15, 0.2) is 11.5 Å². The molecule has 0 bridgehead atoms. The van der Waals surface area contributed by atoms with Gasteiger partial charge in [-0.05, 0) is 6.42 Å². The predicted octanol–water partition coefficient (Wildman–Crippen LogP) is 1.62. The van der Waals surface area contributed by atoms with Crippen molar-refractivity contribution < 1.29 is 14.6 Å². The van der Waals surface area contributed by atoms with Gasteiger partial charge in [0.2, 0.25) is 6.79 Å². The van der Waals surface area contributed by atoms with E-state index in [-0.39, 0.29) is 13.3 Å². The van der Waals surface area contributed by atoms with Gasteiger partial charge in [-0.2, -0.15) is 0 Å². The van der Waals surface area contributed by atoms with E-state index in [4.69, 9.17) is 26.8 Å². The number of aliphatic hydroxyl groups excluding tert-OH is 1. The maximum absolute atomic E-state index is 9.85. The molecular formula is C11H14ClNO3. The summed E-state index contributed by atoms with van der Waals surface area (Å²) in [7, 11) is 0. The summed E-state index contributed by atoms with van der Waals surface area (Å²) in [4.78, 5) is 0. The zero-order valence-electron chi connectivity index (χ0n) is 9.00. The summed E-state index contributed by atoms with van der Waals surface area (Å²) < 4.78 is 10.6. The van der Waals surface area contributed by atoms with Crippen molar-refractivity contribution in [2.45, 2.75) is 19.4 Å². The molecule has 2 rings (SSSR count). The Morgan fingerprint density at radius 1 is 1.56 bits per heavy atom. The summed E-state index contributed by atoms with van der Waals surface area (Å²) in [6.07, 6.45) is -0.0597. The summed E-state index contributed by atoms with van der Waals surface area (Å²) in [5, 5.41) is 10.3. The molecule has 0 radical (unpaired) electrons. The number of nitrogens with two attached hydrogens (primary N) is 1. The van der Waals surface area contributed by atoms with Crippen molar-refractivity contribution in [2.24, 2.45) is 5.73 Å². The predicted molar refractivity (Wildman–Crippen MR) is 61.0 cm³/mol. The first-order valence-electron chi connectivity index (χ1n) is 5.18. The van der Waals surface area contributed by atoms with Crippen LogP contribution in [0.2, 0.25) is 5.02 Å². The van der Waals surface area contributed by atoms with Crippen LogP contribution in [0.25, 0.3) is 0 Å². The number of benzene rings is 1. The number of hydrogen-bond donors (Lipinski definition) is 2. The lowest BCUT2D eigenvalue weighted by Gasteiger charge is -2.16. The quantitative estimate of drug-likeness (QED) is 0.847. The SMILES string of the molecule is CCc1c2c(cc(Cl)c1C(O)CN)OCO2. The van der Waals surface area contributed by atoms with E-state index in [9.17, 15) is 5.11 Å². The van der Waals surface area contributed by atoms with Crippen LogP contribution in [0, 0.1) is 0 Å². The van der Waals surface area contributed by atoms with Gasteiger partial charge in [-0.15, -0.1) is 0 Å². The Bertz CT molecular complexity index is 409. The fourth-order valence-electron chi connectivity index (χ4n) is 1.92. The lowest BCUT2D eigenvalue weighted by molar-refractivity contribution is 0.171. The lowest BCUT2D eigenvalue weighted by Crippen LogP contribution is -2.14. The van der Waals surface area contributed by atoms with Gasteiger partial charge < -0.3 is 20.3 Å². The molecular weight excluding hydrogens is 230 g/mol. The number of rotatable bonds is 3. The largest absolute Gasteiger partial charge is 0.454 e. The third-order valence-corrected chi connectivity index (χ3v) is 2.98. The number of fused-ring (bicyclic) bond motifs is 1. The van der Waals surface area contributed by atoms with Crippen LogP contribution in [-0.2, 0) is 6.42 Å². The highest BCUT2D eigenvalue weighted by molar-refractivity contribution is 6.31. The molecule has 4 nitrogen and oxygen atoms in total. The van der Waals surface area contributed by atoms with Crippen LogP contribution in [0.4, 0.5) is 0 Å². The summed E-state index contributed by atoms with van der Waals surface area (Å²) in [5.41, 5.74) is 6.98. The Balaban J connectivity index is 2.59. The molecule has 16 heavy (non-hydrogen) atoms. The first kappa shape index (κ1) is 11.5. The number of ether oxygens (including phenoxy) is 2. The van der Waals surface area contributed by atoms with Crippen LogP contribution in [0.15, 0.2) is 6.07 Å². The second kappa shape index (κ2) is 4.49. The molecule has 3 N–H and O–H groups in total. The first-order chi connectivity index (χ1) is 7.69. The van der Waals surface area contributed by atoms with Gasteiger partial charge in [-0.3, -0.25) is 0 Å². The van der Waals surface area contributed by atoms with Crippen molar-refractivity contribution in [3.63, 3.8) is 0 Å². The molecule has 0 aliphatic carbocycles. The van der Waals surface area contributed by atoms with Gasteiger partial charge in [0, 0.05) is 23.7 Å². The van der Waals surface area contributed by atoms with Crippen LogP contribution < -0.4 is 15.2 Å². The van der Waals surface area contributed by atoms with E-state index < -0.39 is 6.10 Å². The minimum absolute atomic E-state index is 0.131. The second-order valence-electron chi connectivity index (χ2n) is 3.59. The van der Waals surface area contributed by atoms with E-state index in [0.717, 1.165) is 5.56 Å². The Hall–Kier alpha value is -0.970. The number of aliphatic hydroxyl groups is 1. The molecule has 0 saturated heterocycles. The first-order valence-corrected chi connectivity index (χ1v) is 5.55. The normalized spacial score (nSPS) is 15.2. The van der Waals surface area contributed by atoms with Crippen LogP contribution in [-0.4, -0.2) is 18.4 Å². The molecule has 5 heteroatoms. The van der Waals surface area contributed by atoms with Crippen LogP contribution >= 0.6 is 11.6 Å². The van der Waals surface area contributed by atoms with Crippen molar-refractivity contribution in [3.8, 4) is 11.5 Å². The average molecular weight is 244 g/mol. The molecule has 1 aliphatic rings. The molecule has 1 atom stereocenters. The molecule has 1 unspecified atom stereocenters. The molecule has 1 aromatic carbocycles. The topological polar surface area (TPSA) is 64.7 Å². The monoisotopic (exact) mass is 243 g/mol. The highest BCUT2D eigenvalue weighted by Gasteiger charge is 2.25. The van der Waals surface area contributed by atoms with Gasteiger partial charge in [0.05, 0.1) is 11.1 Å². The van der Waals surface area contributed by atoms with Crippen molar-refractivity contribution in [1.29, 1.82) is 0 Å². The minimum Gasteiger partial charge on any atom is -0.454 e. The van der Waals surface area contributed by atoms with E-state index in [2.05, 4.69) is 0 Å². The highest BCUT2D eigenvalue weighted by Crippen LogP contribution is 2.43. The Morgan fingerprint density at radius 3 is 2.94 bits per heavy atom. The molecule has 0 fully saturated rings. The van der Waals surface area contributed by atoms with Gasteiger partial charge in [-0.1, -0.05) is 18.5 Å². The Morgan fingerprint density at radius 2 is 2.31 bits per heavy atom. The zero-order chi connectivity index (χ0) is 11.7. The fourth-order valence-corrected chi connectivity index (χ4v) is 2.26. The van der Waals surface area contributed by atoms with E-state index in [1.54, 1.807) is 6.07 Å². The highest BCUT2D eigenvalue weighted by atomic mass is 35.5. The van der Waals surface area contributed by atoms with Crippen molar-refractivity contribution >= 4 is 11.6 Å². The summed E-state index contributed by atoms with van der Waals surface area (Å²) >= 11 is 6.11. The maximum atomic E-state index is 9.85. The molecule has 0 spiro atoms. The van der Waals surface area contributed by atoms with Gasteiger partial charge in [0.25, 0.3) is 0 Å². The van der Waals surface area contributed by atoms with Gasteiger partial charge >= 0.3 is 0 Å². The molecule has 88 valence electrons. The molecule has 1 heterocycles. The van der Waals surface area contributed by atoms with Crippen LogP contribution in [0.1, 0.15) is 24.2 Å². The van der Waals surface area contributed by atoms with E-state index in [1.807, 2.05) is 6.92 Å². The van der Waals surface area contributed by atoms with E-state index in [1.165, 1.54) is 0 Å². The van der Waals surface area contributed by atoms with Crippen molar-refractivity contribution in [1.82, 2.24) is 0 Å². The fraction of sp³-hybridized carbons (Fsp3) is 0.455. The number of hydrogen-bond acceptors (Lipinski definition) is 4. The smallest absolute Gasteiger partial charge is 0.231 e. The molecule has 0 amide bonds. The average Bonchev–Trinajstić information content (AvgIpc) is 2.73. The molecule has 1 aliphatic heterocycles. The summed E-state index contributed by atoms with van der Waals surface area (Å²) in [6.45, 7) is 2.30. The van der Waals surface area contributed by atoms with Crippen molar-refractivity contribution in [2.75, 3.05) is 13.3 Å². The third kappa shape index (κ3) is 1.73. The zero-order valence-corrected chi connectivity index (χ0v) is 9.75. The Kier molecular flexibility index (Phi) is 3.23. The van der Waals surface area contributed by atoms with E-state index >= 15 is 0 Å². The maximum Gasteiger partial charge on any atom is 0.231 e. The van der Waals surface area contributed by atoms with Gasteiger partial charge in [0.1, 0.15) is 0 Å².